The number of alkyl halides is 3. The number of nitrogens with one attached hydrogen (secondary N) is 1. The van der Waals surface area contributed by atoms with Crippen LogP contribution in [0.15, 0.2) is 18.2 Å². The average Bonchev–Trinajstić information content (AvgIpc) is 2.69. The third-order valence-electron chi connectivity index (χ3n) is 3.10. The van der Waals surface area contributed by atoms with Crippen LogP contribution >= 0.6 is 12.4 Å². The van der Waals surface area contributed by atoms with Crippen molar-refractivity contribution in [2.75, 3.05) is 13.1 Å². The Morgan fingerprint density at radius 2 is 2.00 bits per heavy atom. The lowest BCUT2D eigenvalue weighted by molar-refractivity contribution is -0.137. The standard InChI is InChI=1S/C12H14F3N.ClH/c1-8-6-10(12(13,14)15)2-3-11(8)9-4-5-16-7-9;/h2-3,6,9,16H,4-5,7H2,1H3;1H. The Balaban J connectivity index is 0.00000144. The average molecular weight is 266 g/mol. The highest BCUT2D eigenvalue weighted by Gasteiger charge is 2.31. The molecule has 0 spiro atoms. The molecule has 1 nitrogen and oxygen atoms in total. The zero-order valence-electron chi connectivity index (χ0n) is 9.47. The van der Waals surface area contributed by atoms with E-state index in [-0.39, 0.29) is 12.4 Å². The van der Waals surface area contributed by atoms with E-state index < -0.39 is 11.7 Å². The maximum Gasteiger partial charge on any atom is 0.416 e. The van der Waals surface area contributed by atoms with Gasteiger partial charge < -0.3 is 5.32 Å². The molecule has 1 aliphatic heterocycles. The summed E-state index contributed by atoms with van der Waals surface area (Å²) in [5.74, 6) is 0.363. The summed E-state index contributed by atoms with van der Waals surface area (Å²) in [4.78, 5) is 0. The van der Waals surface area contributed by atoms with Crippen LogP contribution in [0.5, 0.6) is 0 Å². The zero-order chi connectivity index (χ0) is 11.8. The molecule has 1 fully saturated rings. The summed E-state index contributed by atoms with van der Waals surface area (Å²) in [6.45, 7) is 3.57. The molecule has 1 aromatic carbocycles. The largest absolute Gasteiger partial charge is 0.416 e. The van der Waals surface area contributed by atoms with E-state index in [2.05, 4.69) is 5.32 Å². The van der Waals surface area contributed by atoms with Crippen LogP contribution in [0.2, 0.25) is 0 Å². The van der Waals surface area contributed by atoms with E-state index in [4.69, 9.17) is 0 Å². The summed E-state index contributed by atoms with van der Waals surface area (Å²) >= 11 is 0. The predicted octanol–water partition coefficient (Wildman–Crippen LogP) is 3.51. The number of halogens is 4. The highest BCUT2D eigenvalue weighted by atomic mass is 35.5. The number of benzene rings is 1. The Bertz CT molecular complexity index is 384. The van der Waals surface area contributed by atoms with E-state index in [1.165, 1.54) is 12.1 Å². The lowest BCUT2D eigenvalue weighted by Crippen LogP contribution is -2.10. The Labute approximate surface area is 105 Å². The van der Waals surface area contributed by atoms with E-state index in [0.717, 1.165) is 30.6 Å². The maximum absolute atomic E-state index is 12.5. The van der Waals surface area contributed by atoms with Gasteiger partial charge in [-0.3, -0.25) is 0 Å². The molecular weight excluding hydrogens is 251 g/mol. The van der Waals surface area contributed by atoms with Gasteiger partial charge in [-0.25, -0.2) is 0 Å². The van der Waals surface area contributed by atoms with Crippen molar-refractivity contribution in [1.29, 1.82) is 0 Å². The summed E-state index contributed by atoms with van der Waals surface area (Å²) in [5, 5.41) is 3.22. The molecule has 1 N–H and O–H groups in total. The van der Waals surface area contributed by atoms with Crippen LogP contribution in [0.3, 0.4) is 0 Å². The fourth-order valence-electron chi connectivity index (χ4n) is 2.23. The quantitative estimate of drug-likeness (QED) is 0.819. The highest BCUT2D eigenvalue weighted by molar-refractivity contribution is 5.85. The van der Waals surface area contributed by atoms with E-state index in [1.54, 1.807) is 13.0 Å². The third kappa shape index (κ3) is 3.13. The van der Waals surface area contributed by atoms with Crippen LogP contribution in [0.1, 0.15) is 29.0 Å². The van der Waals surface area contributed by atoms with Gasteiger partial charge in [-0.1, -0.05) is 6.07 Å². The van der Waals surface area contributed by atoms with Gasteiger partial charge >= 0.3 is 6.18 Å². The summed E-state index contributed by atoms with van der Waals surface area (Å²) in [6.07, 6.45) is -3.23. The molecule has 0 aromatic heterocycles. The number of rotatable bonds is 1. The second-order valence-corrected chi connectivity index (χ2v) is 4.26. The molecule has 17 heavy (non-hydrogen) atoms. The summed E-state index contributed by atoms with van der Waals surface area (Å²) in [7, 11) is 0. The lowest BCUT2D eigenvalue weighted by Gasteiger charge is -2.15. The van der Waals surface area contributed by atoms with Gasteiger partial charge in [-0.2, -0.15) is 13.2 Å². The second-order valence-electron chi connectivity index (χ2n) is 4.26. The van der Waals surface area contributed by atoms with Gasteiger partial charge in [0.1, 0.15) is 0 Å². The molecule has 1 aliphatic rings. The van der Waals surface area contributed by atoms with Crippen LogP contribution in [-0.2, 0) is 6.18 Å². The molecular formula is C12H15ClF3N. The van der Waals surface area contributed by atoms with Crippen molar-refractivity contribution in [3.8, 4) is 0 Å². The molecule has 1 heterocycles. The Kier molecular flexibility index (Phi) is 4.44. The highest BCUT2D eigenvalue weighted by Crippen LogP contribution is 2.33. The first kappa shape index (κ1) is 14.3. The number of hydrogen-bond donors (Lipinski definition) is 1. The smallest absolute Gasteiger partial charge is 0.316 e. The van der Waals surface area contributed by atoms with Gasteiger partial charge in [0.05, 0.1) is 5.56 Å². The molecule has 1 unspecified atom stereocenters. The van der Waals surface area contributed by atoms with Crippen LogP contribution in [0, 0.1) is 6.92 Å². The molecule has 1 saturated heterocycles. The normalized spacial score (nSPS) is 20.1. The predicted molar refractivity (Wildman–Crippen MR) is 63.7 cm³/mol. The van der Waals surface area contributed by atoms with Gasteiger partial charge in [-0.05, 0) is 49.1 Å². The van der Waals surface area contributed by atoms with E-state index in [1.807, 2.05) is 0 Å². The number of hydrogen-bond acceptors (Lipinski definition) is 1. The monoisotopic (exact) mass is 265 g/mol. The maximum atomic E-state index is 12.5. The first-order valence-corrected chi connectivity index (χ1v) is 5.37. The van der Waals surface area contributed by atoms with Gasteiger partial charge in [0, 0.05) is 6.54 Å². The van der Waals surface area contributed by atoms with Crippen LogP contribution in [-0.4, -0.2) is 13.1 Å². The van der Waals surface area contributed by atoms with Crippen molar-refractivity contribution in [3.05, 3.63) is 34.9 Å². The summed E-state index contributed by atoms with van der Waals surface area (Å²) < 4.78 is 37.4. The Morgan fingerprint density at radius 1 is 1.29 bits per heavy atom. The topological polar surface area (TPSA) is 12.0 Å². The first-order chi connectivity index (χ1) is 7.48. The molecule has 0 aliphatic carbocycles. The van der Waals surface area contributed by atoms with Crippen LogP contribution < -0.4 is 5.32 Å². The molecule has 0 radical (unpaired) electrons. The minimum Gasteiger partial charge on any atom is -0.316 e. The fraction of sp³-hybridized carbons (Fsp3) is 0.500. The van der Waals surface area contributed by atoms with E-state index in [9.17, 15) is 13.2 Å². The summed E-state index contributed by atoms with van der Waals surface area (Å²) in [6, 6.07) is 4.05. The molecule has 2 rings (SSSR count). The molecule has 5 heteroatoms. The Hall–Kier alpha value is -0.740. The van der Waals surface area contributed by atoms with Crippen molar-refractivity contribution >= 4 is 12.4 Å². The minimum absolute atomic E-state index is 0. The molecule has 0 bridgehead atoms. The Morgan fingerprint density at radius 3 is 2.47 bits per heavy atom. The number of aryl methyl sites for hydroxylation is 1. The minimum atomic E-state index is -4.24. The van der Waals surface area contributed by atoms with Gasteiger partial charge in [0.25, 0.3) is 0 Å². The molecule has 1 aromatic rings. The van der Waals surface area contributed by atoms with Crippen molar-refractivity contribution in [2.24, 2.45) is 0 Å². The van der Waals surface area contributed by atoms with Gasteiger partial charge in [0.2, 0.25) is 0 Å². The van der Waals surface area contributed by atoms with Crippen molar-refractivity contribution in [1.82, 2.24) is 5.32 Å². The van der Waals surface area contributed by atoms with Gasteiger partial charge in [0.15, 0.2) is 0 Å². The third-order valence-corrected chi connectivity index (χ3v) is 3.10. The van der Waals surface area contributed by atoms with Crippen molar-refractivity contribution < 1.29 is 13.2 Å². The SMILES string of the molecule is Cc1cc(C(F)(F)F)ccc1C1CCNC1.Cl. The van der Waals surface area contributed by atoms with E-state index >= 15 is 0 Å². The van der Waals surface area contributed by atoms with Crippen molar-refractivity contribution in [2.45, 2.75) is 25.4 Å². The van der Waals surface area contributed by atoms with Crippen LogP contribution in [0.25, 0.3) is 0 Å². The molecule has 0 saturated carbocycles. The second kappa shape index (κ2) is 5.27. The van der Waals surface area contributed by atoms with Gasteiger partial charge in [-0.15, -0.1) is 12.4 Å². The first-order valence-electron chi connectivity index (χ1n) is 5.37. The fourth-order valence-corrected chi connectivity index (χ4v) is 2.23. The molecule has 0 amide bonds. The van der Waals surface area contributed by atoms with Crippen LogP contribution in [0.4, 0.5) is 13.2 Å². The zero-order valence-corrected chi connectivity index (χ0v) is 10.3. The van der Waals surface area contributed by atoms with Crippen molar-refractivity contribution in [3.63, 3.8) is 0 Å². The molecule has 1 atom stereocenters. The lowest BCUT2D eigenvalue weighted by atomic mass is 9.93. The molecule has 96 valence electrons. The van der Waals surface area contributed by atoms with E-state index in [0.29, 0.717) is 5.92 Å². The summed E-state index contributed by atoms with van der Waals surface area (Å²) in [5.41, 5.74) is 1.22.